The highest BCUT2D eigenvalue weighted by Gasteiger charge is 2.18. The van der Waals surface area contributed by atoms with Crippen molar-refractivity contribution < 1.29 is 14.3 Å². The Morgan fingerprint density at radius 3 is 2.75 bits per heavy atom. The highest BCUT2D eigenvalue weighted by molar-refractivity contribution is 7.99. The third-order valence-corrected chi connectivity index (χ3v) is 5.70. The molecule has 0 radical (unpaired) electrons. The van der Waals surface area contributed by atoms with Gasteiger partial charge >= 0.3 is 5.97 Å². The number of carbonyl (C=O) groups excluding carboxylic acids is 2. The molecule has 1 aliphatic heterocycles. The third-order valence-electron chi connectivity index (χ3n) is 3.86. The summed E-state index contributed by atoms with van der Waals surface area (Å²) in [5, 5.41) is 3.21. The Bertz CT molecular complexity index is 926. The minimum absolute atomic E-state index is 0.118. The summed E-state index contributed by atoms with van der Waals surface area (Å²) >= 11 is 2.84. The van der Waals surface area contributed by atoms with E-state index in [4.69, 9.17) is 4.74 Å². The van der Waals surface area contributed by atoms with Crippen molar-refractivity contribution in [3.63, 3.8) is 0 Å². The largest absolute Gasteiger partial charge is 0.462 e. The van der Waals surface area contributed by atoms with E-state index >= 15 is 0 Å². The predicted molar refractivity (Wildman–Crippen MR) is 111 cm³/mol. The molecule has 0 saturated heterocycles. The topological polar surface area (TPSA) is 101 Å². The van der Waals surface area contributed by atoms with Crippen LogP contribution in [0.1, 0.15) is 35.5 Å². The number of anilines is 1. The number of hydrogen-bond donors (Lipinski definition) is 2. The second-order valence-electron chi connectivity index (χ2n) is 6.70. The van der Waals surface area contributed by atoms with Crippen LogP contribution >= 0.6 is 23.5 Å². The van der Waals surface area contributed by atoms with Gasteiger partial charge in [-0.2, -0.15) is 11.8 Å². The van der Waals surface area contributed by atoms with Crippen molar-refractivity contribution in [1.29, 1.82) is 0 Å². The molecule has 28 heavy (non-hydrogen) atoms. The lowest BCUT2D eigenvalue weighted by Gasteiger charge is -2.08. The van der Waals surface area contributed by atoms with Gasteiger partial charge in [0.25, 0.3) is 5.56 Å². The fraction of sp³-hybridized carbons (Fsp3) is 0.368. The van der Waals surface area contributed by atoms with Crippen molar-refractivity contribution in [2.45, 2.75) is 30.5 Å². The van der Waals surface area contributed by atoms with E-state index < -0.39 is 0 Å². The van der Waals surface area contributed by atoms with E-state index in [-0.39, 0.29) is 29.1 Å². The van der Waals surface area contributed by atoms with Crippen LogP contribution in [0, 0.1) is 5.92 Å². The molecule has 2 N–H and O–H groups in total. The maximum Gasteiger partial charge on any atom is 0.338 e. The van der Waals surface area contributed by atoms with Crippen LogP contribution in [0.25, 0.3) is 0 Å². The van der Waals surface area contributed by atoms with Crippen LogP contribution in [0.3, 0.4) is 0 Å². The lowest BCUT2D eigenvalue weighted by atomic mass is 10.2. The lowest BCUT2D eigenvalue weighted by Crippen LogP contribution is -2.17. The first-order valence-electron chi connectivity index (χ1n) is 8.82. The van der Waals surface area contributed by atoms with Crippen molar-refractivity contribution in [3.05, 3.63) is 51.4 Å². The molecule has 0 unspecified atom stereocenters. The molecular weight excluding hydrogens is 398 g/mol. The van der Waals surface area contributed by atoms with E-state index in [1.54, 1.807) is 36.0 Å². The summed E-state index contributed by atoms with van der Waals surface area (Å²) in [6.07, 6.45) is 0. The maximum atomic E-state index is 12.2. The Hall–Kier alpha value is -2.26. The van der Waals surface area contributed by atoms with E-state index in [1.165, 1.54) is 11.8 Å². The summed E-state index contributed by atoms with van der Waals surface area (Å²) in [6.45, 7) is 4.31. The molecule has 2 aromatic rings. The van der Waals surface area contributed by atoms with Crippen LogP contribution in [0.15, 0.2) is 34.2 Å². The summed E-state index contributed by atoms with van der Waals surface area (Å²) < 4.78 is 5.17. The summed E-state index contributed by atoms with van der Waals surface area (Å²) in [7, 11) is 0. The van der Waals surface area contributed by atoms with Crippen molar-refractivity contribution >= 4 is 41.1 Å². The molecule has 1 amide bonds. The number of benzene rings is 1. The van der Waals surface area contributed by atoms with Crippen molar-refractivity contribution in [1.82, 2.24) is 9.97 Å². The standard InChI is InChI=1S/C19H21N3O4S2/c1-11(2)7-26-18(25)12-3-5-13(6-4-12)20-16(23)10-28-19-21-15-9-27-8-14(15)17(24)22-19/h3-6,11H,7-10H2,1-2H3,(H,20,23)(H,21,22,24). The number of ether oxygens (including phenoxy) is 1. The van der Waals surface area contributed by atoms with Gasteiger partial charge in [-0.1, -0.05) is 25.6 Å². The first kappa shape index (κ1) is 20.5. The Kier molecular flexibility index (Phi) is 6.79. The Morgan fingerprint density at radius 1 is 1.29 bits per heavy atom. The zero-order chi connectivity index (χ0) is 20.1. The molecule has 9 heteroatoms. The van der Waals surface area contributed by atoms with Crippen LogP contribution in [0.4, 0.5) is 5.69 Å². The summed E-state index contributed by atoms with van der Waals surface area (Å²) in [5.74, 6) is 1.20. The number of nitrogens with one attached hydrogen (secondary N) is 2. The number of carbonyl (C=O) groups is 2. The Balaban J connectivity index is 1.52. The van der Waals surface area contributed by atoms with Crippen molar-refractivity contribution in [2.75, 3.05) is 17.7 Å². The second kappa shape index (κ2) is 9.29. The van der Waals surface area contributed by atoms with Gasteiger partial charge < -0.3 is 15.0 Å². The fourth-order valence-electron chi connectivity index (χ4n) is 2.45. The predicted octanol–water partition coefficient (Wildman–Crippen LogP) is 3.06. The molecule has 0 bridgehead atoms. The average molecular weight is 420 g/mol. The number of nitrogens with zero attached hydrogens (tertiary/aromatic N) is 1. The van der Waals surface area contributed by atoms with Crippen LogP contribution in [-0.2, 0) is 21.0 Å². The fourth-order valence-corrected chi connectivity index (χ4v) is 4.17. The number of thioether (sulfide) groups is 2. The number of aromatic amines is 1. The number of amides is 1. The highest BCUT2D eigenvalue weighted by Crippen LogP contribution is 2.26. The number of aromatic nitrogens is 2. The molecule has 1 aromatic carbocycles. The molecule has 1 aliphatic rings. The van der Waals surface area contributed by atoms with Gasteiger partial charge in [0.2, 0.25) is 5.91 Å². The van der Waals surface area contributed by atoms with E-state index in [0.717, 1.165) is 17.0 Å². The molecule has 3 rings (SSSR count). The molecule has 148 valence electrons. The van der Waals surface area contributed by atoms with Gasteiger partial charge in [0.1, 0.15) is 0 Å². The van der Waals surface area contributed by atoms with Crippen LogP contribution < -0.4 is 10.9 Å². The monoisotopic (exact) mass is 419 g/mol. The molecule has 0 spiro atoms. The average Bonchev–Trinajstić information content (AvgIpc) is 3.14. The SMILES string of the molecule is CC(C)COC(=O)c1ccc(NC(=O)CSc2nc3c(c(=O)[nH]2)CSC3)cc1. The lowest BCUT2D eigenvalue weighted by molar-refractivity contribution is -0.113. The van der Waals surface area contributed by atoms with E-state index in [2.05, 4.69) is 15.3 Å². The minimum Gasteiger partial charge on any atom is -0.462 e. The van der Waals surface area contributed by atoms with Crippen LogP contribution in [0.2, 0.25) is 0 Å². The van der Waals surface area contributed by atoms with Gasteiger partial charge in [-0.25, -0.2) is 9.78 Å². The highest BCUT2D eigenvalue weighted by atomic mass is 32.2. The molecule has 0 aliphatic carbocycles. The second-order valence-corrected chi connectivity index (χ2v) is 8.65. The number of fused-ring (bicyclic) bond motifs is 1. The Morgan fingerprint density at radius 2 is 2.04 bits per heavy atom. The normalized spacial score (nSPS) is 12.7. The summed E-state index contributed by atoms with van der Waals surface area (Å²) in [6, 6.07) is 6.54. The summed E-state index contributed by atoms with van der Waals surface area (Å²) in [5.41, 5.74) is 2.42. The van der Waals surface area contributed by atoms with Gasteiger partial charge in [-0.05, 0) is 30.2 Å². The number of esters is 1. The van der Waals surface area contributed by atoms with Crippen LogP contribution in [0.5, 0.6) is 0 Å². The van der Waals surface area contributed by atoms with Crippen molar-refractivity contribution in [2.24, 2.45) is 5.92 Å². The zero-order valence-electron chi connectivity index (χ0n) is 15.6. The van der Waals surface area contributed by atoms with Gasteiger partial charge in [0, 0.05) is 22.8 Å². The van der Waals surface area contributed by atoms with Gasteiger partial charge in [0.05, 0.1) is 23.6 Å². The molecule has 0 fully saturated rings. The van der Waals surface area contributed by atoms with Gasteiger partial charge in [-0.15, -0.1) is 0 Å². The van der Waals surface area contributed by atoms with E-state index in [1.807, 2.05) is 13.8 Å². The molecule has 0 saturated carbocycles. The molecule has 2 heterocycles. The number of hydrogen-bond acceptors (Lipinski definition) is 7. The third kappa shape index (κ3) is 5.39. The molecule has 7 nitrogen and oxygen atoms in total. The molecule has 1 aromatic heterocycles. The summed E-state index contributed by atoms with van der Waals surface area (Å²) in [4.78, 5) is 43.2. The Labute approximate surface area is 171 Å². The first-order chi connectivity index (χ1) is 13.4. The van der Waals surface area contributed by atoms with E-state index in [9.17, 15) is 14.4 Å². The zero-order valence-corrected chi connectivity index (χ0v) is 17.2. The minimum atomic E-state index is -0.382. The number of rotatable bonds is 7. The first-order valence-corrected chi connectivity index (χ1v) is 11.0. The van der Waals surface area contributed by atoms with Crippen LogP contribution in [-0.4, -0.2) is 34.2 Å². The molecule has 0 atom stereocenters. The quantitative estimate of drug-likeness (QED) is 0.404. The maximum absolute atomic E-state index is 12.2. The van der Waals surface area contributed by atoms with E-state index in [0.29, 0.717) is 28.8 Å². The number of H-pyrrole nitrogens is 1. The van der Waals surface area contributed by atoms with Gasteiger partial charge in [0.15, 0.2) is 5.16 Å². The smallest absolute Gasteiger partial charge is 0.338 e. The molecular formula is C19H21N3O4S2. The van der Waals surface area contributed by atoms with Crippen molar-refractivity contribution in [3.8, 4) is 0 Å². The van der Waals surface area contributed by atoms with Gasteiger partial charge in [-0.3, -0.25) is 9.59 Å².